The Morgan fingerprint density at radius 1 is 1.23 bits per heavy atom. The number of carbonyl (C=O) groups excluding carboxylic acids is 3. The monoisotopic (exact) mass is 602 g/mol. The van der Waals surface area contributed by atoms with Crippen LogP contribution in [0.2, 0.25) is 0 Å². The van der Waals surface area contributed by atoms with E-state index in [1.54, 1.807) is 20.8 Å². The van der Waals surface area contributed by atoms with Crippen molar-refractivity contribution in [2.45, 2.75) is 71.8 Å². The first-order valence-electron chi connectivity index (χ1n) is 13.5. The number of nitrogens with zero attached hydrogens (tertiary/aromatic N) is 3. The van der Waals surface area contributed by atoms with Crippen molar-refractivity contribution in [1.29, 1.82) is 0 Å². The molecule has 39 heavy (non-hydrogen) atoms. The molecule has 2 amide bonds. The van der Waals surface area contributed by atoms with E-state index in [1.807, 2.05) is 44.0 Å². The number of benzene rings is 1. The quantitative estimate of drug-likeness (QED) is 0.517. The lowest BCUT2D eigenvalue weighted by molar-refractivity contribution is -0.134. The first-order chi connectivity index (χ1) is 18.3. The van der Waals surface area contributed by atoms with E-state index in [2.05, 4.69) is 32.2 Å². The molecule has 2 heterocycles. The van der Waals surface area contributed by atoms with Crippen LogP contribution in [0.3, 0.4) is 0 Å². The molecule has 0 fully saturated rings. The van der Waals surface area contributed by atoms with Gasteiger partial charge in [0.2, 0.25) is 5.91 Å². The molecule has 4 rings (SSSR count). The molecule has 0 bridgehead atoms. The second-order valence-corrected chi connectivity index (χ2v) is 12.2. The third-order valence-electron chi connectivity index (χ3n) is 7.53. The number of aliphatic hydroxyl groups excluding tert-OH is 1. The van der Waals surface area contributed by atoms with Crippen molar-refractivity contribution in [3.05, 3.63) is 40.0 Å². The number of likely N-dealkylation sites (N-methyl/N-ethyl adjacent to an activating group) is 1. The molecule has 0 saturated carbocycles. The average Bonchev–Trinajstić information content (AvgIpc) is 3.14. The van der Waals surface area contributed by atoms with Crippen LogP contribution in [0.5, 0.6) is 0 Å². The van der Waals surface area contributed by atoms with E-state index in [-0.39, 0.29) is 17.9 Å². The zero-order valence-electron chi connectivity index (χ0n) is 23.7. The minimum Gasteiger partial charge on any atom is -0.444 e. The Labute approximate surface area is 238 Å². The summed E-state index contributed by atoms with van der Waals surface area (Å²) in [5, 5.41) is 14.0. The summed E-state index contributed by atoms with van der Waals surface area (Å²) in [5.41, 5.74) is 2.98. The molecular formula is C29H39BrN4O5. The molecule has 0 radical (unpaired) electrons. The van der Waals surface area contributed by atoms with E-state index < -0.39 is 29.7 Å². The Morgan fingerprint density at radius 3 is 2.49 bits per heavy atom. The highest BCUT2D eigenvalue weighted by atomic mass is 79.9. The van der Waals surface area contributed by atoms with Crippen LogP contribution >= 0.6 is 15.9 Å². The standard InChI is InChI=1S/C29H39BrN4O5/c1-8-33(9-2)26(36)17-13-19-18-11-10-12-21-23(18)20(14-22(19)32(7)15-17)25(30)34(21)27(37)24(16(3)35)31-28(38)39-29(4,5)6/h10-13,16-17,22,24,35H,8-9,14-15H2,1-7H3,(H,31,38)/t16?,17-,22-,24+/m1/s1. The Balaban J connectivity index is 1.78. The number of nitrogens with one attached hydrogen (secondary N) is 1. The van der Waals surface area contributed by atoms with E-state index in [0.29, 0.717) is 36.2 Å². The number of amides is 2. The number of aromatic nitrogens is 1. The summed E-state index contributed by atoms with van der Waals surface area (Å²) in [6, 6.07) is 4.63. The number of halogens is 1. The minimum atomic E-state index is -1.22. The van der Waals surface area contributed by atoms with Crippen LogP contribution in [-0.2, 0) is 16.0 Å². The van der Waals surface area contributed by atoms with Gasteiger partial charge < -0.3 is 20.1 Å². The fraction of sp³-hybridized carbons (Fsp3) is 0.552. The number of hydrogen-bond acceptors (Lipinski definition) is 6. The van der Waals surface area contributed by atoms with Crippen molar-refractivity contribution in [2.24, 2.45) is 5.92 Å². The van der Waals surface area contributed by atoms with Crippen molar-refractivity contribution in [3.8, 4) is 0 Å². The van der Waals surface area contributed by atoms with Gasteiger partial charge in [0.05, 0.1) is 22.1 Å². The van der Waals surface area contributed by atoms with Gasteiger partial charge in [-0.05, 0) is 93.7 Å². The first-order valence-corrected chi connectivity index (χ1v) is 14.3. The van der Waals surface area contributed by atoms with Crippen LogP contribution in [0.15, 0.2) is 28.9 Å². The molecule has 0 saturated heterocycles. The normalized spacial score (nSPS) is 20.6. The van der Waals surface area contributed by atoms with E-state index in [0.717, 1.165) is 22.1 Å². The van der Waals surface area contributed by atoms with Gasteiger partial charge in [0, 0.05) is 31.1 Å². The number of rotatable bonds is 6. The van der Waals surface area contributed by atoms with Gasteiger partial charge in [-0.1, -0.05) is 18.2 Å². The molecule has 2 aromatic rings. The number of alkyl carbamates (subject to hydrolysis) is 1. The van der Waals surface area contributed by atoms with Crippen LogP contribution in [-0.4, -0.2) is 87.9 Å². The molecule has 1 aliphatic heterocycles. The molecule has 2 N–H and O–H groups in total. The molecule has 0 spiro atoms. The third kappa shape index (κ3) is 5.51. The van der Waals surface area contributed by atoms with Crippen molar-refractivity contribution in [3.63, 3.8) is 0 Å². The SMILES string of the molecule is CCN(CC)C(=O)[C@@H]1C=C2c3cccc4c3c(c(Br)n4C(=O)[C@@H](NC(=O)OC(C)(C)C)C(C)O)C[C@H]2N(C)C1. The Hall–Kier alpha value is -2.69. The summed E-state index contributed by atoms with van der Waals surface area (Å²) in [4.78, 5) is 43.7. The van der Waals surface area contributed by atoms with Crippen molar-refractivity contribution >= 4 is 50.3 Å². The lowest BCUT2D eigenvalue weighted by Gasteiger charge is -2.40. The van der Waals surface area contributed by atoms with Gasteiger partial charge in [0.1, 0.15) is 11.6 Å². The van der Waals surface area contributed by atoms with Crippen molar-refractivity contribution in [2.75, 3.05) is 26.7 Å². The third-order valence-corrected chi connectivity index (χ3v) is 8.36. The van der Waals surface area contributed by atoms with Crippen LogP contribution in [0.25, 0.3) is 16.5 Å². The summed E-state index contributed by atoms with van der Waals surface area (Å²) in [7, 11) is 2.04. The lowest BCUT2D eigenvalue weighted by atomic mass is 9.79. The summed E-state index contributed by atoms with van der Waals surface area (Å²) in [6.45, 7) is 12.6. The van der Waals surface area contributed by atoms with Gasteiger partial charge in [0.25, 0.3) is 5.91 Å². The van der Waals surface area contributed by atoms with Crippen LogP contribution in [0.1, 0.15) is 57.5 Å². The topological polar surface area (TPSA) is 104 Å². The number of hydrogen-bond donors (Lipinski definition) is 2. The molecule has 212 valence electrons. The molecule has 1 aliphatic carbocycles. The second kappa shape index (κ2) is 11.1. The zero-order chi connectivity index (χ0) is 28.8. The Kier molecular flexibility index (Phi) is 8.31. The molecule has 4 atom stereocenters. The molecule has 1 aromatic heterocycles. The molecular weight excluding hydrogens is 564 g/mol. The first kappa shape index (κ1) is 29.3. The smallest absolute Gasteiger partial charge is 0.408 e. The van der Waals surface area contributed by atoms with Gasteiger partial charge in [-0.15, -0.1) is 0 Å². The van der Waals surface area contributed by atoms with Crippen LogP contribution in [0.4, 0.5) is 4.79 Å². The van der Waals surface area contributed by atoms with Gasteiger partial charge in [-0.2, -0.15) is 0 Å². The van der Waals surface area contributed by atoms with E-state index in [1.165, 1.54) is 11.5 Å². The van der Waals surface area contributed by atoms with Crippen molar-refractivity contribution in [1.82, 2.24) is 19.7 Å². The van der Waals surface area contributed by atoms with Gasteiger partial charge >= 0.3 is 6.09 Å². The summed E-state index contributed by atoms with van der Waals surface area (Å²) < 4.78 is 7.46. The Morgan fingerprint density at radius 2 is 1.90 bits per heavy atom. The van der Waals surface area contributed by atoms with Crippen molar-refractivity contribution < 1.29 is 24.2 Å². The summed E-state index contributed by atoms with van der Waals surface area (Å²) in [5.74, 6) is -0.599. The van der Waals surface area contributed by atoms with Gasteiger partial charge in [-0.3, -0.25) is 19.1 Å². The number of ether oxygens (including phenoxy) is 1. The summed E-state index contributed by atoms with van der Waals surface area (Å²) in [6.07, 6.45) is 0.830. The zero-order valence-corrected chi connectivity index (χ0v) is 25.3. The number of fused-ring (bicyclic) bond motifs is 2. The maximum absolute atomic E-state index is 13.9. The van der Waals surface area contributed by atoms with Gasteiger partial charge in [-0.25, -0.2) is 4.79 Å². The number of aliphatic hydroxyl groups is 1. The predicted molar refractivity (Wildman–Crippen MR) is 155 cm³/mol. The van der Waals surface area contributed by atoms with E-state index in [4.69, 9.17) is 4.74 Å². The van der Waals surface area contributed by atoms with Crippen LogP contribution in [0, 0.1) is 5.92 Å². The largest absolute Gasteiger partial charge is 0.444 e. The molecule has 9 nitrogen and oxygen atoms in total. The fourth-order valence-corrected chi connectivity index (χ4v) is 6.42. The fourth-order valence-electron chi connectivity index (χ4n) is 5.70. The molecule has 2 aliphatic rings. The Bertz CT molecular complexity index is 1320. The molecule has 1 aromatic carbocycles. The number of carbonyl (C=O) groups is 3. The highest BCUT2D eigenvalue weighted by Gasteiger charge is 2.39. The average molecular weight is 604 g/mol. The van der Waals surface area contributed by atoms with Gasteiger partial charge in [0.15, 0.2) is 0 Å². The summed E-state index contributed by atoms with van der Waals surface area (Å²) >= 11 is 3.68. The highest BCUT2D eigenvalue weighted by molar-refractivity contribution is 9.10. The van der Waals surface area contributed by atoms with E-state index >= 15 is 0 Å². The lowest BCUT2D eigenvalue weighted by Crippen LogP contribution is -2.51. The second-order valence-electron chi connectivity index (χ2n) is 11.4. The molecule has 1 unspecified atom stereocenters. The maximum Gasteiger partial charge on any atom is 0.408 e. The predicted octanol–water partition coefficient (Wildman–Crippen LogP) is 4.06. The highest BCUT2D eigenvalue weighted by Crippen LogP contribution is 2.45. The maximum atomic E-state index is 13.9. The minimum absolute atomic E-state index is 0.0542. The van der Waals surface area contributed by atoms with E-state index in [9.17, 15) is 19.5 Å². The van der Waals surface area contributed by atoms with Crippen LogP contribution < -0.4 is 5.32 Å². The molecule has 10 heteroatoms.